The van der Waals surface area contributed by atoms with Gasteiger partial charge in [0.05, 0.1) is 17.9 Å². The van der Waals surface area contributed by atoms with Crippen molar-refractivity contribution in [1.29, 1.82) is 0 Å². The van der Waals surface area contributed by atoms with E-state index in [9.17, 15) is 4.79 Å². The van der Waals surface area contributed by atoms with Crippen molar-refractivity contribution < 1.29 is 4.79 Å². The molecular formula is C14H18ClN3O. The summed E-state index contributed by atoms with van der Waals surface area (Å²) in [4.78, 5) is 11.5. The average molecular weight is 280 g/mol. The van der Waals surface area contributed by atoms with Crippen molar-refractivity contribution in [3.8, 4) is 0 Å². The summed E-state index contributed by atoms with van der Waals surface area (Å²) in [7, 11) is 0. The van der Waals surface area contributed by atoms with Crippen molar-refractivity contribution in [1.82, 2.24) is 5.32 Å². The van der Waals surface area contributed by atoms with Gasteiger partial charge >= 0.3 is 0 Å². The van der Waals surface area contributed by atoms with Crippen molar-refractivity contribution in [2.75, 3.05) is 5.01 Å². The number of halogens is 1. The van der Waals surface area contributed by atoms with Gasteiger partial charge in [-0.15, -0.1) is 12.4 Å². The first-order valence-corrected chi connectivity index (χ1v) is 6.04. The number of rotatable bonds is 3. The van der Waals surface area contributed by atoms with Gasteiger partial charge in [-0.1, -0.05) is 32.0 Å². The van der Waals surface area contributed by atoms with Gasteiger partial charge in [0.25, 0.3) is 0 Å². The number of benzene rings is 1. The Morgan fingerprint density at radius 3 is 2.53 bits per heavy atom. The highest BCUT2D eigenvalue weighted by Gasteiger charge is 2.14. The van der Waals surface area contributed by atoms with Gasteiger partial charge < -0.3 is 5.32 Å². The molecule has 1 N–H and O–H groups in total. The highest BCUT2D eigenvalue weighted by molar-refractivity contribution is 5.85. The lowest BCUT2D eigenvalue weighted by Gasteiger charge is -2.21. The second-order valence-electron chi connectivity index (χ2n) is 4.48. The fourth-order valence-corrected chi connectivity index (χ4v) is 1.56. The van der Waals surface area contributed by atoms with Crippen LogP contribution in [0, 0.1) is 5.92 Å². The maximum atomic E-state index is 11.5. The fourth-order valence-electron chi connectivity index (χ4n) is 1.56. The Balaban J connectivity index is 0.00000180. The summed E-state index contributed by atoms with van der Waals surface area (Å²) in [6.07, 6.45) is 5.51. The highest BCUT2D eigenvalue weighted by Crippen LogP contribution is 2.15. The van der Waals surface area contributed by atoms with Crippen LogP contribution in [0.15, 0.2) is 47.7 Å². The number of hydrazone groups is 1. The van der Waals surface area contributed by atoms with Crippen LogP contribution in [0.25, 0.3) is 0 Å². The SMILES string of the molecule is CC(C)C(=O)NC1C=CN(c2ccccc2)N=C1.Cl. The molecule has 0 aliphatic carbocycles. The van der Waals surface area contributed by atoms with Crippen molar-refractivity contribution >= 4 is 30.2 Å². The fraction of sp³-hybridized carbons (Fsp3) is 0.286. The molecule has 0 saturated carbocycles. The van der Waals surface area contributed by atoms with Crippen LogP contribution >= 0.6 is 12.4 Å². The number of carbonyl (C=O) groups excluding carboxylic acids is 1. The third-order valence-corrected chi connectivity index (χ3v) is 2.64. The molecule has 0 spiro atoms. The van der Waals surface area contributed by atoms with Gasteiger partial charge in [0.1, 0.15) is 0 Å². The summed E-state index contributed by atoms with van der Waals surface area (Å²) in [6.45, 7) is 3.74. The Kier molecular flexibility index (Phi) is 5.57. The van der Waals surface area contributed by atoms with Gasteiger partial charge in [-0.05, 0) is 18.2 Å². The van der Waals surface area contributed by atoms with Crippen molar-refractivity contribution in [3.63, 3.8) is 0 Å². The van der Waals surface area contributed by atoms with E-state index in [-0.39, 0.29) is 30.3 Å². The molecule has 2 rings (SSSR count). The Bertz CT molecular complexity index is 457. The molecular weight excluding hydrogens is 262 g/mol. The van der Waals surface area contributed by atoms with Gasteiger partial charge in [0, 0.05) is 12.1 Å². The van der Waals surface area contributed by atoms with E-state index in [0.717, 1.165) is 5.69 Å². The molecule has 0 radical (unpaired) electrons. The summed E-state index contributed by atoms with van der Waals surface area (Å²) >= 11 is 0. The number of amides is 1. The lowest BCUT2D eigenvalue weighted by atomic mass is 10.2. The summed E-state index contributed by atoms with van der Waals surface area (Å²) in [6, 6.07) is 9.73. The summed E-state index contributed by atoms with van der Waals surface area (Å²) in [5.74, 6) is 0.0169. The molecule has 1 aliphatic heterocycles. The zero-order valence-corrected chi connectivity index (χ0v) is 11.8. The molecule has 1 atom stereocenters. The van der Waals surface area contributed by atoms with E-state index in [0.29, 0.717) is 0 Å². The number of para-hydroxylation sites is 1. The van der Waals surface area contributed by atoms with Crippen LogP contribution in [0.4, 0.5) is 5.69 Å². The van der Waals surface area contributed by atoms with E-state index < -0.39 is 0 Å². The minimum atomic E-state index is -0.125. The maximum Gasteiger partial charge on any atom is 0.223 e. The number of nitrogens with one attached hydrogen (secondary N) is 1. The maximum absolute atomic E-state index is 11.5. The Morgan fingerprint density at radius 1 is 1.32 bits per heavy atom. The third-order valence-electron chi connectivity index (χ3n) is 2.64. The minimum absolute atomic E-state index is 0. The van der Waals surface area contributed by atoms with E-state index in [4.69, 9.17) is 0 Å². The van der Waals surface area contributed by atoms with Crippen LogP contribution in [0.1, 0.15) is 13.8 Å². The first-order valence-electron chi connectivity index (χ1n) is 6.04. The second kappa shape index (κ2) is 6.95. The minimum Gasteiger partial charge on any atom is -0.344 e. The smallest absolute Gasteiger partial charge is 0.223 e. The van der Waals surface area contributed by atoms with Crippen LogP contribution in [0.5, 0.6) is 0 Å². The Morgan fingerprint density at radius 2 is 2.00 bits per heavy atom. The highest BCUT2D eigenvalue weighted by atomic mass is 35.5. The average Bonchev–Trinajstić information content (AvgIpc) is 2.40. The number of carbonyl (C=O) groups is 1. The molecule has 5 heteroatoms. The van der Waals surface area contributed by atoms with Gasteiger partial charge in [-0.25, -0.2) is 5.01 Å². The monoisotopic (exact) mass is 279 g/mol. The molecule has 19 heavy (non-hydrogen) atoms. The predicted octanol–water partition coefficient (Wildman–Crippen LogP) is 2.57. The van der Waals surface area contributed by atoms with Crippen molar-refractivity contribution in [2.24, 2.45) is 11.0 Å². The zero-order chi connectivity index (χ0) is 13.0. The van der Waals surface area contributed by atoms with E-state index in [1.54, 1.807) is 11.2 Å². The van der Waals surface area contributed by atoms with Crippen LogP contribution < -0.4 is 10.3 Å². The van der Waals surface area contributed by atoms with Gasteiger partial charge in [-0.3, -0.25) is 4.79 Å². The van der Waals surface area contributed by atoms with Crippen LogP contribution in [0.2, 0.25) is 0 Å². The molecule has 0 aromatic heterocycles. The molecule has 1 aromatic rings. The first-order chi connectivity index (χ1) is 8.66. The van der Waals surface area contributed by atoms with Crippen LogP contribution in [-0.2, 0) is 4.79 Å². The third kappa shape index (κ3) is 4.10. The molecule has 4 nitrogen and oxygen atoms in total. The molecule has 1 aliphatic rings. The lowest BCUT2D eigenvalue weighted by Crippen LogP contribution is -2.39. The van der Waals surface area contributed by atoms with Crippen molar-refractivity contribution in [2.45, 2.75) is 19.9 Å². The van der Waals surface area contributed by atoms with Gasteiger partial charge in [-0.2, -0.15) is 5.10 Å². The van der Waals surface area contributed by atoms with Crippen molar-refractivity contribution in [3.05, 3.63) is 42.6 Å². The number of hydrogen-bond acceptors (Lipinski definition) is 3. The lowest BCUT2D eigenvalue weighted by molar-refractivity contribution is -0.124. The predicted molar refractivity (Wildman–Crippen MR) is 80.6 cm³/mol. The van der Waals surface area contributed by atoms with E-state index in [1.807, 2.05) is 56.5 Å². The standard InChI is InChI=1S/C14H17N3O.ClH/c1-11(2)14(18)16-12-8-9-17(15-10-12)13-6-4-3-5-7-13;/h3-12H,1-2H3,(H,16,18);1H. The second-order valence-corrected chi connectivity index (χ2v) is 4.48. The van der Waals surface area contributed by atoms with Crippen LogP contribution in [-0.4, -0.2) is 18.2 Å². The normalized spacial score (nSPS) is 17.2. The zero-order valence-electron chi connectivity index (χ0n) is 11.0. The molecule has 0 fully saturated rings. The van der Waals surface area contributed by atoms with E-state index >= 15 is 0 Å². The molecule has 0 bridgehead atoms. The van der Waals surface area contributed by atoms with E-state index in [1.165, 1.54) is 0 Å². The Hall–Kier alpha value is -1.81. The summed E-state index contributed by atoms with van der Waals surface area (Å²) in [5, 5.41) is 8.96. The molecule has 102 valence electrons. The van der Waals surface area contributed by atoms with Gasteiger partial charge in [0.15, 0.2) is 0 Å². The Labute approximate surface area is 119 Å². The topological polar surface area (TPSA) is 44.7 Å². The first kappa shape index (κ1) is 15.2. The van der Waals surface area contributed by atoms with E-state index in [2.05, 4.69) is 10.4 Å². The molecule has 1 heterocycles. The molecule has 1 amide bonds. The quantitative estimate of drug-likeness (QED) is 0.924. The number of nitrogens with zero attached hydrogens (tertiary/aromatic N) is 2. The summed E-state index contributed by atoms with van der Waals surface area (Å²) in [5.41, 5.74) is 0.999. The number of anilines is 1. The summed E-state index contributed by atoms with van der Waals surface area (Å²) < 4.78 is 0. The molecule has 1 aromatic carbocycles. The molecule has 0 saturated heterocycles. The largest absolute Gasteiger partial charge is 0.344 e. The number of hydrogen-bond donors (Lipinski definition) is 1. The van der Waals surface area contributed by atoms with Gasteiger partial charge in [0.2, 0.25) is 5.91 Å². The molecule has 1 unspecified atom stereocenters. The van der Waals surface area contributed by atoms with Crippen LogP contribution in [0.3, 0.4) is 0 Å².